The second kappa shape index (κ2) is 3.58. The van der Waals surface area contributed by atoms with Gasteiger partial charge in [-0.15, -0.1) is 0 Å². The van der Waals surface area contributed by atoms with Crippen LogP contribution in [-0.2, 0) is 11.2 Å². The number of fused-ring (bicyclic) bond motifs is 1. The Hall–Kier alpha value is -1.70. The molecule has 70 valence electrons. The first-order valence-corrected chi connectivity index (χ1v) is 4.58. The molecular weight excluding hydrogens is 174 g/mol. The van der Waals surface area contributed by atoms with Crippen molar-refractivity contribution in [1.82, 2.24) is 4.98 Å². The van der Waals surface area contributed by atoms with Crippen LogP contribution in [0.25, 0.3) is 10.8 Å². The summed E-state index contributed by atoms with van der Waals surface area (Å²) in [6, 6.07) is 7.98. The van der Waals surface area contributed by atoms with Gasteiger partial charge in [-0.3, -0.25) is 9.78 Å². The van der Waals surface area contributed by atoms with Gasteiger partial charge in [0.15, 0.2) is 0 Å². The van der Waals surface area contributed by atoms with Gasteiger partial charge in [0.05, 0.1) is 0 Å². The summed E-state index contributed by atoms with van der Waals surface area (Å²) >= 11 is 0. The number of rotatable bonds is 2. The zero-order valence-corrected chi connectivity index (χ0v) is 8.03. The van der Waals surface area contributed by atoms with Crippen molar-refractivity contribution in [2.75, 3.05) is 0 Å². The lowest BCUT2D eigenvalue weighted by molar-refractivity contribution is -0.116. The van der Waals surface area contributed by atoms with E-state index < -0.39 is 0 Å². The summed E-state index contributed by atoms with van der Waals surface area (Å²) in [4.78, 5) is 15.0. The van der Waals surface area contributed by atoms with E-state index in [2.05, 4.69) is 4.98 Å². The highest BCUT2D eigenvalue weighted by Crippen LogP contribution is 2.14. The zero-order valence-electron chi connectivity index (χ0n) is 8.03. The van der Waals surface area contributed by atoms with E-state index in [1.165, 1.54) is 0 Å². The second-order valence-electron chi connectivity index (χ2n) is 3.44. The molecule has 1 aromatic carbocycles. The van der Waals surface area contributed by atoms with Crippen LogP contribution >= 0.6 is 0 Å². The lowest BCUT2D eigenvalue weighted by Gasteiger charge is -2.00. The fraction of sp³-hybridized carbons (Fsp3) is 0.167. The summed E-state index contributed by atoms with van der Waals surface area (Å²) in [6.07, 6.45) is 4.10. The van der Waals surface area contributed by atoms with Crippen LogP contribution < -0.4 is 0 Å². The first kappa shape index (κ1) is 8.88. The predicted molar refractivity (Wildman–Crippen MR) is 56.1 cm³/mol. The van der Waals surface area contributed by atoms with Crippen LogP contribution in [0.4, 0.5) is 0 Å². The molecular formula is C12H11NO. The van der Waals surface area contributed by atoms with Gasteiger partial charge in [-0.05, 0) is 23.9 Å². The average molecular weight is 185 g/mol. The number of carbonyl (C=O) groups is 1. The van der Waals surface area contributed by atoms with E-state index >= 15 is 0 Å². The minimum absolute atomic E-state index is 0.193. The molecule has 0 amide bonds. The molecule has 0 unspecified atom stereocenters. The van der Waals surface area contributed by atoms with Crippen molar-refractivity contribution in [2.45, 2.75) is 13.3 Å². The molecule has 2 rings (SSSR count). The summed E-state index contributed by atoms with van der Waals surface area (Å²) in [7, 11) is 0. The van der Waals surface area contributed by atoms with Crippen molar-refractivity contribution in [3.63, 3.8) is 0 Å². The van der Waals surface area contributed by atoms with Crippen LogP contribution in [0.2, 0.25) is 0 Å². The number of nitrogens with zero attached hydrogens (tertiary/aromatic N) is 1. The Morgan fingerprint density at radius 3 is 2.93 bits per heavy atom. The summed E-state index contributed by atoms with van der Waals surface area (Å²) in [5, 5.41) is 2.25. The molecule has 0 aliphatic carbocycles. The summed E-state index contributed by atoms with van der Waals surface area (Å²) in [5.41, 5.74) is 1.07. The third kappa shape index (κ3) is 1.79. The number of Topliss-reactive ketones (excluding diaryl/α,β-unsaturated/α-hetero) is 1. The van der Waals surface area contributed by atoms with E-state index in [1.54, 1.807) is 13.1 Å². The Morgan fingerprint density at radius 1 is 1.29 bits per heavy atom. The minimum atomic E-state index is 0.193. The molecule has 1 heterocycles. The highest BCUT2D eigenvalue weighted by molar-refractivity contribution is 5.84. The highest BCUT2D eigenvalue weighted by Gasteiger charge is 1.98. The highest BCUT2D eigenvalue weighted by atomic mass is 16.1. The Labute approximate surface area is 82.6 Å². The van der Waals surface area contributed by atoms with Crippen LogP contribution in [0.3, 0.4) is 0 Å². The van der Waals surface area contributed by atoms with Gasteiger partial charge in [-0.25, -0.2) is 0 Å². The minimum Gasteiger partial charge on any atom is -0.300 e. The molecule has 14 heavy (non-hydrogen) atoms. The van der Waals surface area contributed by atoms with E-state index in [0.717, 1.165) is 16.3 Å². The Morgan fingerprint density at radius 2 is 2.14 bits per heavy atom. The third-order valence-corrected chi connectivity index (χ3v) is 2.16. The van der Waals surface area contributed by atoms with Crippen LogP contribution in [0.15, 0.2) is 36.7 Å². The smallest absolute Gasteiger partial charge is 0.134 e. The van der Waals surface area contributed by atoms with Crippen LogP contribution in [0, 0.1) is 0 Å². The lowest BCUT2D eigenvalue weighted by Crippen LogP contribution is -1.95. The van der Waals surface area contributed by atoms with Crippen molar-refractivity contribution in [1.29, 1.82) is 0 Å². The van der Waals surface area contributed by atoms with Gasteiger partial charge in [-0.1, -0.05) is 18.2 Å². The Bertz CT molecular complexity index is 476. The molecule has 0 saturated heterocycles. The van der Waals surface area contributed by atoms with Crippen molar-refractivity contribution in [2.24, 2.45) is 0 Å². The van der Waals surface area contributed by atoms with Gasteiger partial charge in [-0.2, -0.15) is 0 Å². The molecule has 2 aromatic rings. The molecule has 0 aliphatic rings. The number of carbonyl (C=O) groups excluding carboxylic acids is 1. The molecule has 1 aromatic heterocycles. The lowest BCUT2D eigenvalue weighted by atomic mass is 10.1. The summed E-state index contributed by atoms with van der Waals surface area (Å²) in [6.45, 7) is 1.61. The number of aromatic nitrogens is 1. The Balaban J connectivity index is 2.46. The molecule has 0 radical (unpaired) electrons. The van der Waals surface area contributed by atoms with Crippen molar-refractivity contribution in [3.05, 3.63) is 42.2 Å². The predicted octanol–water partition coefficient (Wildman–Crippen LogP) is 2.37. The van der Waals surface area contributed by atoms with Crippen molar-refractivity contribution >= 4 is 16.6 Å². The zero-order chi connectivity index (χ0) is 9.97. The van der Waals surface area contributed by atoms with Crippen molar-refractivity contribution in [3.8, 4) is 0 Å². The normalized spacial score (nSPS) is 10.4. The molecule has 2 heteroatoms. The molecule has 0 bridgehead atoms. The van der Waals surface area contributed by atoms with E-state index in [-0.39, 0.29) is 5.78 Å². The van der Waals surface area contributed by atoms with Gasteiger partial charge in [0.1, 0.15) is 5.78 Å². The van der Waals surface area contributed by atoms with Crippen LogP contribution in [0.5, 0.6) is 0 Å². The summed E-state index contributed by atoms with van der Waals surface area (Å²) < 4.78 is 0. The maximum atomic E-state index is 10.9. The van der Waals surface area contributed by atoms with Gasteiger partial charge in [0, 0.05) is 24.2 Å². The maximum absolute atomic E-state index is 10.9. The number of hydrogen-bond donors (Lipinski definition) is 0. The Kier molecular flexibility index (Phi) is 2.27. The SMILES string of the molecule is CC(=O)Cc1ccc2cnccc2c1. The maximum Gasteiger partial charge on any atom is 0.134 e. The molecule has 0 N–H and O–H groups in total. The van der Waals surface area contributed by atoms with Gasteiger partial charge in [0.2, 0.25) is 0 Å². The van der Waals surface area contributed by atoms with Gasteiger partial charge in [0.25, 0.3) is 0 Å². The number of ketones is 1. The summed E-state index contributed by atoms with van der Waals surface area (Å²) in [5.74, 6) is 0.193. The fourth-order valence-electron chi connectivity index (χ4n) is 1.53. The van der Waals surface area contributed by atoms with Crippen LogP contribution in [-0.4, -0.2) is 10.8 Å². The monoisotopic (exact) mass is 185 g/mol. The number of benzene rings is 1. The topological polar surface area (TPSA) is 30.0 Å². The number of hydrogen-bond acceptors (Lipinski definition) is 2. The number of pyridine rings is 1. The van der Waals surface area contributed by atoms with Crippen molar-refractivity contribution < 1.29 is 4.79 Å². The average Bonchev–Trinajstić information content (AvgIpc) is 2.17. The third-order valence-electron chi connectivity index (χ3n) is 2.16. The molecule has 0 fully saturated rings. The largest absolute Gasteiger partial charge is 0.300 e. The van der Waals surface area contributed by atoms with Crippen LogP contribution in [0.1, 0.15) is 12.5 Å². The van der Waals surface area contributed by atoms with E-state index in [1.807, 2.05) is 30.5 Å². The first-order chi connectivity index (χ1) is 6.75. The van der Waals surface area contributed by atoms with E-state index in [4.69, 9.17) is 0 Å². The first-order valence-electron chi connectivity index (χ1n) is 4.58. The standard InChI is InChI=1S/C12H11NO/c1-9(14)6-10-2-3-12-8-13-5-4-11(12)7-10/h2-5,7-8H,6H2,1H3. The molecule has 0 atom stereocenters. The van der Waals surface area contributed by atoms with E-state index in [0.29, 0.717) is 6.42 Å². The molecule has 0 spiro atoms. The van der Waals surface area contributed by atoms with Gasteiger partial charge >= 0.3 is 0 Å². The molecule has 0 saturated carbocycles. The molecule has 2 nitrogen and oxygen atoms in total. The molecule has 0 aliphatic heterocycles. The quantitative estimate of drug-likeness (QED) is 0.719. The van der Waals surface area contributed by atoms with Gasteiger partial charge < -0.3 is 0 Å². The van der Waals surface area contributed by atoms with E-state index in [9.17, 15) is 4.79 Å². The second-order valence-corrected chi connectivity index (χ2v) is 3.44. The fourth-order valence-corrected chi connectivity index (χ4v) is 1.53.